The number of amides is 1. The Morgan fingerprint density at radius 3 is 2.58 bits per heavy atom. The van der Waals surface area contributed by atoms with Crippen LogP contribution in [0.15, 0.2) is 83.4 Å². The van der Waals surface area contributed by atoms with Crippen molar-refractivity contribution in [2.24, 2.45) is 5.92 Å². The van der Waals surface area contributed by atoms with Gasteiger partial charge in [0.2, 0.25) is 5.91 Å². The predicted octanol–water partition coefficient (Wildman–Crippen LogP) is 6.55. The Bertz CT molecular complexity index is 1570. The molecule has 0 aliphatic carbocycles. The van der Waals surface area contributed by atoms with Crippen LogP contribution in [0.5, 0.6) is 0 Å². The molecule has 0 radical (unpaired) electrons. The Balaban J connectivity index is 1.57. The number of aromatic nitrogens is 1. The molecule has 2 N–H and O–H groups in total. The van der Waals surface area contributed by atoms with Gasteiger partial charge in [-0.3, -0.25) is 9.78 Å². The smallest absolute Gasteiger partial charge is 0.338 e. The summed E-state index contributed by atoms with van der Waals surface area (Å²) in [5, 5.41) is 7.07. The van der Waals surface area contributed by atoms with Crippen molar-refractivity contribution in [3.63, 3.8) is 0 Å². The normalized spacial score (nSPS) is 16.6. The summed E-state index contributed by atoms with van der Waals surface area (Å²) in [6, 6.07) is 21.1. The third-order valence-electron chi connectivity index (χ3n) is 6.63. The van der Waals surface area contributed by atoms with Crippen LogP contribution in [0.4, 0.5) is 11.4 Å². The van der Waals surface area contributed by atoms with E-state index < -0.39 is 12.0 Å². The van der Waals surface area contributed by atoms with Crippen molar-refractivity contribution in [3.8, 4) is 11.3 Å². The number of ether oxygens (including phenoxy) is 1. The minimum atomic E-state index is -0.454. The van der Waals surface area contributed by atoms with Crippen LogP contribution in [0.2, 0.25) is 5.02 Å². The quantitative estimate of drug-likeness (QED) is 0.189. The molecule has 1 amide bonds. The first kappa shape index (κ1) is 27.4. The lowest BCUT2D eigenvalue weighted by atomic mass is 10.0. The average Bonchev–Trinajstić information content (AvgIpc) is 3.58. The molecule has 5 rings (SSSR count). The predicted molar refractivity (Wildman–Crippen MR) is 158 cm³/mol. The maximum absolute atomic E-state index is 12.4. The molecule has 0 unspecified atom stereocenters. The maximum atomic E-state index is 12.4. The first-order valence-corrected chi connectivity index (χ1v) is 13.5. The summed E-state index contributed by atoms with van der Waals surface area (Å²) in [4.78, 5) is 31.1. The Labute approximate surface area is 242 Å². The molecule has 204 valence electrons. The van der Waals surface area contributed by atoms with Crippen LogP contribution in [0.1, 0.15) is 47.7 Å². The fourth-order valence-corrected chi connectivity index (χ4v) is 5.16. The molecule has 10 heteroatoms. The third kappa shape index (κ3) is 5.30. The van der Waals surface area contributed by atoms with E-state index in [1.807, 2.05) is 67.3 Å². The Hall–Kier alpha value is -4.21. The Morgan fingerprint density at radius 2 is 1.88 bits per heavy atom. The molecular formula is C30H27ClN4O4S. The zero-order valence-electron chi connectivity index (χ0n) is 22.1. The van der Waals surface area contributed by atoms with E-state index in [0.717, 1.165) is 5.69 Å². The molecule has 40 heavy (non-hydrogen) atoms. The molecule has 3 heterocycles. The molecular weight excluding hydrogens is 548 g/mol. The number of carbonyl (C=O) groups is 2. The van der Waals surface area contributed by atoms with Crippen LogP contribution in [-0.4, -0.2) is 29.1 Å². The number of nitrogens with zero attached hydrogens (tertiary/aromatic N) is 2. The Kier molecular flexibility index (Phi) is 7.86. The fourth-order valence-electron chi connectivity index (χ4n) is 4.60. The van der Waals surface area contributed by atoms with Crippen LogP contribution in [-0.2, 0) is 9.53 Å². The number of carbonyl (C=O) groups excluding carboxylic acids is 2. The minimum absolute atomic E-state index is 0.128. The number of benzene rings is 2. The summed E-state index contributed by atoms with van der Waals surface area (Å²) in [6.45, 7) is 3.63. The van der Waals surface area contributed by atoms with Gasteiger partial charge in [0.15, 0.2) is 5.11 Å². The van der Waals surface area contributed by atoms with Gasteiger partial charge >= 0.3 is 5.97 Å². The van der Waals surface area contributed by atoms with Gasteiger partial charge < -0.3 is 24.7 Å². The topological polar surface area (TPSA) is 96.7 Å². The zero-order valence-corrected chi connectivity index (χ0v) is 23.6. The zero-order chi connectivity index (χ0) is 28.4. The van der Waals surface area contributed by atoms with Crippen molar-refractivity contribution in [1.29, 1.82) is 0 Å². The number of furan rings is 1. The van der Waals surface area contributed by atoms with Crippen LogP contribution in [0, 0.1) is 5.92 Å². The molecule has 1 fully saturated rings. The fraction of sp³-hybridized carbons (Fsp3) is 0.200. The molecule has 2 aromatic carbocycles. The van der Waals surface area contributed by atoms with E-state index in [2.05, 4.69) is 15.6 Å². The van der Waals surface area contributed by atoms with Gasteiger partial charge in [0, 0.05) is 23.4 Å². The standard InChI is InChI=1S/C30H27ClN4O4S/c1-17(2)28(36)33-22-12-11-18(16-21(22)31)35-27(26(34-30(35)40)23-10-6-7-15-32-23)25-14-13-24(39-25)19-8-4-5-9-20(19)29(37)38-3/h4-17,26-27H,1-3H3,(H,33,36)(H,34,40)/t26-,27-/m1/s1. The Morgan fingerprint density at radius 1 is 1.10 bits per heavy atom. The highest BCUT2D eigenvalue weighted by Gasteiger charge is 2.43. The summed E-state index contributed by atoms with van der Waals surface area (Å²) in [5.74, 6) is 0.345. The number of pyridine rings is 1. The molecule has 1 aliphatic rings. The second-order valence-electron chi connectivity index (χ2n) is 9.54. The number of esters is 1. The highest BCUT2D eigenvalue weighted by molar-refractivity contribution is 7.80. The lowest BCUT2D eigenvalue weighted by Gasteiger charge is -2.26. The molecule has 8 nitrogen and oxygen atoms in total. The number of nitrogens with one attached hydrogen (secondary N) is 2. The van der Waals surface area contributed by atoms with Gasteiger partial charge in [-0.1, -0.05) is 49.7 Å². The number of methoxy groups -OCH3 is 1. The summed E-state index contributed by atoms with van der Waals surface area (Å²) >= 11 is 12.4. The summed E-state index contributed by atoms with van der Waals surface area (Å²) in [5.41, 5.74) is 3.01. The SMILES string of the molecule is COC(=O)c1ccccc1-c1ccc([C@@H]2[C@@H](c3ccccn3)NC(=S)N2c2ccc(NC(=O)C(C)C)c(Cl)c2)o1. The lowest BCUT2D eigenvalue weighted by Crippen LogP contribution is -2.29. The highest BCUT2D eigenvalue weighted by atomic mass is 35.5. The van der Waals surface area contributed by atoms with Crippen LogP contribution in [0.3, 0.4) is 0 Å². The molecule has 2 aromatic heterocycles. The van der Waals surface area contributed by atoms with Gasteiger partial charge in [0.05, 0.1) is 35.1 Å². The van der Waals surface area contributed by atoms with Crippen molar-refractivity contribution >= 4 is 52.2 Å². The third-order valence-corrected chi connectivity index (χ3v) is 7.25. The van der Waals surface area contributed by atoms with E-state index in [-0.39, 0.29) is 17.9 Å². The number of anilines is 2. The van der Waals surface area contributed by atoms with E-state index in [0.29, 0.717) is 44.2 Å². The number of rotatable bonds is 7. The van der Waals surface area contributed by atoms with Crippen LogP contribution >= 0.6 is 23.8 Å². The van der Waals surface area contributed by atoms with E-state index in [1.54, 1.807) is 30.5 Å². The average molecular weight is 575 g/mol. The second-order valence-corrected chi connectivity index (χ2v) is 10.3. The lowest BCUT2D eigenvalue weighted by molar-refractivity contribution is -0.118. The van der Waals surface area contributed by atoms with Gasteiger partial charge in [0.25, 0.3) is 0 Å². The minimum Gasteiger partial charge on any atom is -0.465 e. The number of thiocarbonyl (C=S) groups is 1. The molecule has 0 saturated carbocycles. The maximum Gasteiger partial charge on any atom is 0.338 e. The molecule has 4 aromatic rings. The van der Waals surface area contributed by atoms with Crippen molar-refractivity contribution in [3.05, 3.63) is 101 Å². The highest BCUT2D eigenvalue weighted by Crippen LogP contribution is 2.44. The summed E-state index contributed by atoms with van der Waals surface area (Å²) in [7, 11) is 1.35. The summed E-state index contributed by atoms with van der Waals surface area (Å²) < 4.78 is 11.4. The largest absolute Gasteiger partial charge is 0.465 e. The molecule has 0 spiro atoms. The van der Waals surface area contributed by atoms with E-state index in [9.17, 15) is 9.59 Å². The van der Waals surface area contributed by atoms with E-state index >= 15 is 0 Å². The van der Waals surface area contributed by atoms with Crippen molar-refractivity contribution < 1.29 is 18.7 Å². The first-order valence-electron chi connectivity index (χ1n) is 12.7. The molecule has 0 bridgehead atoms. The molecule has 2 atom stereocenters. The monoisotopic (exact) mass is 574 g/mol. The van der Waals surface area contributed by atoms with Gasteiger partial charge in [0.1, 0.15) is 17.6 Å². The van der Waals surface area contributed by atoms with Gasteiger partial charge in [-0.15, -0.1) is 0 Å². The van der Waals surface area contributed by atoms with Gasteiger partial charge in [-0.2, -0.15) is 0 Å². The number of halogens is 1. The van der Waals surface area contributed by atoms with Gasteiger partial charge in [-0.05, 0) is 60.7 Å². The van der Waals surface area contributed by atoms with E-state index in [4.69, 9.17) is 33.0 Å². The van der Waals surface area contributed by atoms with Crippen molar-refractivity contribution in [1.82, 2.24) is 10.3 Å². The number of hydrogen-bond acceptors (Lipinski definition) is 6. The van der Waals surface area contributed by atoms with Crippen molar-refractivity contribution in [2.45, 2.75) is 25.9 Å². The van der Waals surface area contributed by atoms with Crippen LogP contribution in [0.25, 0.3) is 11.3 Å². The van der Waals surface area contributed by atoms with Crippen molar-refractivity contribution in [2.75, 3.05) is 17.3 Å². The van der Waals surface area contributed by atoms with Gasteiger partial charge in [-0.25, -0.2) is 4.79 Å². The molecule has 1 aliphatic heterocycles. The second kappa shape index (κ2) is 11.5. The first-order chi connectivity index (χ1) is 19.3. The van der Waals surface area contributed by atoms with Crippen LogP contribution < -0.4 is 15.5 Å². The van der Waals surface area contributed by atoms with E-state index in [1.165, 1.54) is 7.11 Å². The number of hydrogen-bond donors (Lipinski definition) is 2. The summed E-state index contributed by atoms with van der Waals surface area (Å²) in [6.07, 6.45) is 1.73. The molecule has 1 saturated heterocycles.